The maximum absolute atomic E-state index is 13.2. The van der Waals surface area contributed by atoms with E-state index in [0.717, 1.165) is 29.1 Å². The van der Waals surface area contributed by atoms with E-state index >= 15 is 0 Å². The highest BCUT2D eigenvalue weighted by molar-refractivity contribution is 6.08. The number of rotatable bonds is 4. The van der Waals surface area contributed by atoms with Crippen LogP contribution in [0, 0.1) is 5.92 Å². The zero-order chi connectivity index (χ0) is 20.5. The van der Waals surface area contributed by atoms with Crippen LogP contribution in [0.15, 0.2) is 41.4 Å². The Morgan fingerprint density at radius 2 is 1.76 bits per heavy atom. The van der Waals surface area contributed by atoms with Crippen LogP contribution in [0.5, 0.6) is 17.2 Å². The van der Waals surface area contributed by atoms with Crippen LogP contribution in [-0.2, 0) is 4.79 Å². The summed E-state index contributed by atoms with van der Waals surface area (Å²) in [5, 5.41) is 3.58. The zero-order valence-corrected chi connectivity index (χ0v) is 17.2. The molecule has 152 valence electrons. The number of carbonyl (C=O) groups excluding carboxylic acids is 1. The van der Waals surface area contributed by atoms with Crippen molar-refractivity contribution in [1.29, 1.82) is 0 Å². The van der Waals surface area contributed by atoms with Gasteiger partial charge in [0.25, 0.3) is 0 Å². The highest BCUT2D eigenvalue weighted by Crippen LogP contribution is 2.47. The molecule has 3 atom stereocenters. The number of hydrogen-bond acceptors (Lipinski definition) is 6. The van der Waals surface area contributed by atoms with Crippen molar-refractivity contribution < 1.29 is 19.0 Å². The van der Waals surface area contributed by atoms with Gasteiger partial charge in [0.05, 0.1) is 38.6 Å². The maximum Gasteiger partial charge on any atom is 0.203 e. The first-order valence-corrected chi connectivity index (χ1v) is 9.79. The molecule has 0 amide bonds. The quantitative estimate of drug-likeness (QED) is 0.834. The van der Waals surface area contributed by atoms with Crippen LogP contribution in [0.25, 0.3) is 0 Å². The van der Waals surface area contributed by atoms with E-state index in [-0.39, 0.29) is 23.7 Å². The highest BCUT2D eigenvalue weighted by atomic mass is 16.5. The van der Waals surface area contributed by atoms with Gasteiger partial charge in [-0.05, 0) is 37.5 Å². The molecule has 4 rings (SSSR count). The monoisotopic (exact) mass is 394 g/mol. The first kappa shape index (κ1) is 19.3. The van der Waals surface area contributed by atoms with Crippen molar-refractivity contribution >= 4 is 22.9 Å². The second kappa shape index (κ2) is 7.78. The van der Waals surface area contributed by atoms with Crippen LogP contribution in [0.3, 0.4) is 0 Å². The average molecular weight is 394 g/mol. The fourth-order valence-corrected chi connectivity index (χ4v) is 4.62. The third kappa shape index (κ3) is 3.33. The number of methoxy groups -OCH3 is 3. The minimum Gasteiger partial charge on any atom is -0.493 e. The van der Waals surface area contributed by atoms with Gasteiger partial charge in [-0.1, -0.05) is 18.2 Å². The van der Waals surface area contributed by atoms with Crippen LogP contribution < -0.4 is 19.5 Å². The van der Waals surface area contributed by atoms with E-state index in [1.807, 2.05) is 43.3 Å². The second-order valence-electron chi connectivity index (χ2n) is 7.53. The van der Waals surface area contributed by atoms with Crippen molar-refractivity contribution in [3.63, 3.8) is 0 Å². The molecule has 1 saturated carbocycles. The minimum atomic E-state index is -0.218. The number of benzene rings is 2. The van der Waals surface area contributed by atoms with Crippen LogP contribution >= 0.6 is 0 Å². The summed E-state index contributed by atoms with van der Waals surface area (Å²) in [5.74, 6) is 1.79. The first-order chi connectivity index (χ1) is 14.1. The Kier molecular flexibility index (Phi) is 5.18. The smallest absolute Gasteiger partial charge is 0.203 e. The van der Waals surface area contributed by atoms with Crippen molar-refractivity contribution in [2.45, 2.75) is 31.7 Å². The van der Waals surface area contributed by atoms with E-state index in [0.29, 0.717) is 23.7 Å². The van der Waals surface area contributed by atoms with Gasteiger partial charge in [0.2, 0.25) is 5.75 Å². The lowest BCUT2D eigenvalue weighted by atomic mass is 9.73. The molecule has 1 aliphatic heterocycles. The summed E-state index contributed by atoms with van der Waals surface area (Å²) in [5.41, 5.74) is 3.68. The summed E-state index contributed by atoms with van der Waals surface area (Å²) in [4.78, 5) is 17.9. The standard InChI is InChI=1S/C23H26N2O4/c1-13-21-18(25-17-8-6-5-7-16(17)24-13)11-14(12-19(21)26)15-9-10-20(27-2)23(29-4)22(15)28-3/h5-10,14,18,21,25H,11-12H2,1-4H3/t14-,18+,21-/m0/s1. The van der Waals surface area contributed by atoms with Crippen molar-refractivity contribution in [3.8, 4) is 17.2 Å². The highest BCUT2D eigenvalue weighted by Gasteiger charge is 2.41. The van der Waals surface area contributed by atoms with Gasteiger partial charge >= 0.3 is 0 Å². The minimum absolute atomic E-state index is 0.0177. The van der Waals surface area contributed by atoms with E-state index in [9.17, 15) is 4.79 Å². The fraction of sp³-hybridized carbons (Fsp3) is 0.391. The van der Waals surface area contributed by atoms with E-state index in [1.54, 1.807) is 21.3 Å². The van der Waals surface area contributed by atoms with Gasteiger partial charge in [0.15, 0.2) is 11.5 Å². The predicted molar refractivity (Wildman–Crippen MR) is 113 cm³/mol. The number of hydrogen-bond donors (Lipinski definition) is 1. The van der Waals surface area contributed by atoms with Crippen LogP contribution in [0.2, 0.25) is 0 Å². The molecule has 1 heterocycles. The van der Waals surface area contributed by atoms with Gasteiger partial charge in [0, 0.05) is 23.7 Å². The number of Topliss-reactive ketones (excluding diaryl/α,β-unsaturated/α-hetero) is 1. The molecule has 1 N–H and O–H groups in total. The van der Waals surface area contributed by atoms with Crippen molar-refractivity contribution in [1.82, 2.24) is 0 Å². The van der Waals surface area contributed by atoms with E-state index in [2.05, 4.69) is 5.32 Å². The average Bonchev–Trinajstić information content (AvgIpc) is 2.87. The summed E-state index contributed by atoms with van der Waals surface area (Å²) in [7, 11) is 4.81. The van der Waals surface area contributed by atoms with Crippen molar-refractivity contribution in [3.05, 3.63) is 42.0 Å². The molecule has 0 saturated heterocycles. The number of ether oxygens (including phenoxy) is 3. The van der Waals surface area contributed by atoms with Gasteiger partial charge in [-0.2, -0.15) is 0 Å². The SMILES string of the molecule is COc1ccc([C@@H]2CC(=O)[C@H]3C(C)=Nc4ccccc4N[C@@H]3C2)c(OC)c1OC. The molecule has 6 nitrogen and oxygen atoms in total. The first-order valence-electron chi connectivity index (χ1n) is 9.79. The van der Waals surface area contributed by atoms with E-state index < -0.39 is 0 Å². The Bertz CT molecular complexity index is 969. The van der Waals surface area contributed by atoms with Crippen molar-refractivity contribution in [2.75, 3.05) is 26.6 Å². The van der Waals surface area contributed by atoms with Gasteiger partial charge < -0.3 is 19.5 Å². The van der Waals surface area contributed by atoms with E-state index in [1.165, 1.54) is 0 Å². The van der Waals surface area contributed by atoms with Crippen LogP contribution in [0.1, 0.15) is 31.2 Å². The number of fused-ring (bicyclic) bond motifs is 2. The number of aliphatic imine (C=N–C) groups is 1. The number of anilines is 1. The number of para-hydroxylation sites is 2. The molecule has 0 aromatic heterocycles. The predicted octanol–water partition coefficient (Wildman–Crippen LogP) is 4.36. The Labute approximate surface area is 170 Å². The molecule has 29 heavy (non-hydrogen) atoms. The van der Waals surface area contributed by atoms with E-state index in [4.69, 9.17) is 19.2 Å². The van der Waals surface area contributed by atoms with Crippen LogP contribution in [0.4, 0.5) is 11.4 Å². The normalized spacial score (nSPS) is 23.1. The van der Waals surface area contributed by atoms with Gasteiger partial charge in [0.1, 0.15) is 5.78 Å². The topological polar surface area (TPSA) is 69.2 Å². The number of nitrogens with one attached hydrogen (secondary N) is 1. The Hall–Kier alpha value is -3.02. The zero-order valence-electron chi connectivity index (χ0n) is 17.2. The Morgan fingerprint density at radius 3 is 2.48 bits per heavy atom. The van der Waals surface area contributed by atoms with Crippen LogP contribution in [-0.4, -0.2) is 38.9 Å². The summed E-state index contributed by atoms with van der Waals surface area (Å²) in [6.45, 7) is 1.96. The Balaban J connectivity index is 1.72. The molecule has 6 heteroatoms. The third-order valence-corrected chi connectivity index (χ3v) is 5.90. The summed E-state index contributed by atoms with van der Waals surface area (Å²) in [6.07, 6.45) is 1.24. The Morgan fingerprint density at radius 1 is 1.00 bits per heavy atom. The molecule has 0 radical (unpaired) electrons. The summed E-state index contributed by atoms with van der Waals surface area (Å²) < 4.78 is 16.6. The molecular formula is C23H26N2O4. The second-order valence-corrected chi connectivity index (χ2v) is 7.53. The van der Waals surface area contributed by atoms with Crippen molar-refractivity contribution in [2.24, 2.45) is 10.9 Å². The molecule has 1 aliphatic carbocycles. The number of ketones is 1. The maximum atomic E-state index is 13.2. The number of carbonyl (C=O) groups is 1. The molecular weight excluding hydrogens is 368 g/mol. The number of nitrogens with zero attached hydrogens (tertiary/aromatic N) is 1. The third-order valence-electron chi connectivity index (χ3n) is 5.90. The molecule has 0 bridgehead atoms. The molecule has 0 unspecified atom stereocenters. The molecule has 2 aromatic rings. The van der Waals surface area contributed by atoms with Gasteiger partial charge in [-0.25, -0.2) is 0 Å². The lowest BCUT2D eigenvalue weighted by Crippen LogP contribution is -2.43. The largest absolute Gasteiger partial charge is 0.493 e. The molecule has 2 aliphatic rings. The lowest BCUT2D eigenvalue weighted by Gasteiger charge is -2.36. The lowest BCUT2D eigenvalue weighted by molar-refractivity contribution is -0.123. The van der Waals surface area contributed by atoms with Gasteiger partial charge in [-0.15, -0.1) is 0 Å². The molecule has 1 fully saturated rings. The van der Waals surface area contributed by atoms with Gasteiger partial charge in [-0.3, -0.25) is 9.79 Å². The fourth-order valence-electron chi connectivity index (χ4n) is 4.62. The molecule has 0 spiro atoms. The summed E-state index contributed by atoms with van der Waals surface area (Å²) >= 11 is 0. The summed E-state index contributed by atoms with van der Waals surface area (Å²) in [6, 6.07) is 11.8. The molecule has 2 aromatic carbocycles.